The third-order valence-corrected chi connectivity index (χ3v) is 5.30. The first-order valence-corrected chi connectivity index (χ1v) is 9.94. The number of halogens is 2. The molecule has 0 saturated carbocycles. The molecule has 0 atom stereocenters. The molecule has 6 heteroatoms. The molecule has 0 aliphatic heterocycles. The topological polar surface area (TPSA) is 36.9 Å². The highest BCUT2D eigenvalue weighted by Gasteiger charge is 2.17. The van der Waals surface area contributed by atoms with Gasteiger partial charge in [-0.2, -0.15) is 0 Å². The molecule has 4 nitrogen and oxygen atoms in total. The van der Waals surface area contributed by atoms with Crippen LogP contribution in [-0.2, 0) is 0 Å². The number of benzene rings is 2. The van der Waals surface area contributed by atoms with Crippen molar-refractivity contribution >= 4 is 45.2 Å². The highest BCUT2D eigenvalue weighted by atomic mass is 127. The van der Waals surface area contributed by atoms with E-state index in [0.717, 1.165) is 18.3 Å². The normalized spacial score (nSPS) is 10.2. The summed E-state index contributed by atoms with van der Waals surface area (Å²) in [4.78, 5) is 0. The second-order valence-electron chi connectivity index (χ2n) is 5.17. The van der Waals surface area contributed by atoms with Gasteiger partial charge < -0.3 is 18.9 Å². The maximum Gasteiger partial charge on any atom is 0.162 e. The summed E-state index contributed by atoms with van der Waals surface area (Å²) in [5, 5.41) is 0. The van der Waals surface area contributed by atoms with E-state index in [1.165, 1.54) is 0 Å². The Hall–Kier alpha value is -1.42. The molecule has 138 valence electrons. The summed E-state index contributed by atoms with van der Waals surface area (Å²) in [6, 6.07) is 7.87. The van der Waals surface area contributed by atoms with Crippen molar-refractivity contribution in [1.82, 2.24) is 0 Å². The van der Waals surface area contributed by atoms with Crippen molar-refractivity contribution < 1.29 is 18.9 Å². The molecule has 2 aromatic rings. The number of hydrogen-bond donors (Lipinski definition) is 0. The standard InChI is InChI=1S/C20H20I2O4/c1-5-7-25-19-9-13(15(21)11-17(19)23-3)14-10-20(26-8-6-2)18(24-4)12-16(14)22/h5-6,9-12H,1-2,7-8H2,3-4H3. The molecular weight excluding hydrogens is 558 g/mol. The predicted molar refractivity (Wildman–Crippen MR) is 122 cm³/mol. The highest BCUT2D eigenvalue weighted by Crippen LogP contribution is 2.42. The second kappa shape index (κ2) is 10.1. The van der Waals surface area contributed by atoms with Crippen molar-refractivity contribution in [2.75, 3.05) is 27.4 Å². The van der Waals surface area contributed by atoms with Gasteiger partial charge in [0.1, 0.15) is 13.2 Å². The van der Waals surface area contributed by atoms with Crippen LogP contribution in [0.3, 0.4) is 0 Å². The first-order valence-electron chi connectivity index (χ1n) is 7.78. The Bertz CT molecular complexity index is 735. The third-order valence-electron chi connectivity index (χ3n) is 3.51. The van der Waals surface area contributed by atoms with Gasteiger partial charge in [0, 0.05) is 18.3 Å². The van der Waals surface area contributed by atoms with Crippen molar-refractivity contribution in [2.24, 2.45) is 0 Å². The lowest BCUT2D eigenvalue weighted by molar-refractivity contribution is 0.326. The first kappa shape index (κ1) is 20.9. The summed E-state index contributed by atoms with van der Waals surface area (Å²) in [6.07, 6.45) is 3.41. The monoisotopic (exact) mass is 578 g/mol. The van der Waals surface area contributed by atoms with Gasteiger partial charge in [-0.25, -0.2) is 0 Å². The molecule has 0 heterocycles. The minimum atomic E-state index is 0.407. The van der Waals surface area contributed by atoms with Gasteiger partial charge in [0.25, 0.3) is 0 Å². The Kier molecular flexibility index (Phi) is 8.08. The second-order valence-corrected chi connectivity index (χ2v) is 7.49. The maximum atomic E-state index is 5.76. The van der Waals surface area contributed by atoms with E-state index in [1.807, 2.05) is 24.3 Å². The van der Waals surface area contributed by atoms with E-state index in [-0.39, 0.29) is 0 Å². The molecule has 0 N–H and O–H groups in total. The van der Waals surface area contributed by atoms with Crippen LogP contribution < -0.4 is 18.9 Å². The molecule has 0 fully saturated rings. The maximum absolute atomic E-state index is 5.76. The fourth-order valence-corrected chi connectivity index (χ4v) is 3.78. The third kappa shape index (κ3) is 4.85. The zero-order valence-corrected chi connectivity index (χ0v) is 19.0. The molecule has 0 radical (unpaired) electrons. The lowest BCUT2D eigenvalue weighted by atomic mass is 10.0. The number of hydrogen-bond acceptors (Lipinski definition) is 4. The lowest BCUT2D eigenvalue weighted by Gasteiger charge is -2.17. The van der Waals surface area contributed by atoms with Gasteiger partial charge in [-0.05, 0) is 69.4 Å². The molecule has 0 amide bonds. The van der Waals surface area contributed by atoms with Crippen LogP contribution in [-0.4, -0.2) is 27.4 Å². The predicted octanol–water partition coefficient (Wildman–Crippen LogP) is 5.71. The molecule has 0 aromatic heterocycles. The molecule has 0 unspecified atom stereocenters. The van der Waals surface area contributed by atoms with Crippen LogP contribution in [0.4, 0.5) is 0 Å². The van der Waals surface area contributed by atoms with E-state index in [0.29, 0.717) is 36.2 Å². The molecule has 0 bridgehead atoms. The Morgan fingerprint density at radius 1 is 0.731 bits per heavy atom. The zero-order chi connectivity index (χ0) is 19.1. The number of rotatable bonds is 9. The SMILES string of the molecule is C=CCOc1cc(-c2cc(OCC=C)c(OC)cc2I)c(I)cc1OC. The van der Waals surface area contributed by atoms with Gasteiger partial charge in [-0.15, -0.1) is 0 Å². The number of methoxy groups -OCH3 is 2. The van der Waals surface area contributed by atoms with E-state index in [1.54, 1.807) is 26.4 Å². The summed E-state index contributed by atoms with van der Waals surface area (Å²) >= 11 is 4.59. The average Bonchev–Trinajstić information content (AvgIpc) is 2.65. The van der Waals surface area contributed by atoms with E-state index < -0.39 is 0 Å². The van der Waals surface area contributed by atoms with Gasteiger partial charge in [-0.3, -0.25) is 0 Å². The van der Waals surface area contributed by atoms with E-state index in [4.69, 9.17) is 18.9 Å². The summed E-state index contributed by atoms with van der Waals surface area (Å²) in [5.41, 5.74) is 2.06. The van der Waals surface area contributed by atoms with Gasteiger partial charge in [0.2, 0.25) is 0 Å². The minimum Gasteiger partial charge on any atom is -0.493 e. The van der Waals surface area contributed by atoms with E-state index in [2.05, 4.69) is 58.3 Å². The summed E-state index contributed by atoms with van der Waals surface area (Å²) in [6.45, 7) is 8.20. The largest absolute Gasteiger partial charge is 0.493 e. The Labute approximate surface area is 181 Å². The van der Waals surface area contributed by atoms with Crippen molar-refractivity contribution in [3.05, 3.63) is 56.7 Å². The van der Waals surface area contributed by atoms with Gasteiger partial charge in [-0.1, -0.05) is 25.3 Å². The van der Waals surface area contributed by atoms with Gasteiger partial charge in [0.05, 0.1) is 14.2 Å². The van der Waals surface area contributed by atoms with Crippen molar-refractivity contribution in [3.8, 4) is 34.1 Å². The molecule has 2 rings (SSSR count). The van der Waals surface area contributed by atoms with Crippen LogP contribution in [0.15, 0.2) is 49.6 Å². The smallest absolute Gasteiger partial charge is 0.162 e. The Balaban J connectivity index is 2.58. The minimum absolute atomic E-state index is 0.407. The van der Waals surface area contributed by atoms with Crippen LogP contribution in [0, 0.1) is 7.14 Å². The number of ether oxygens (including phenoxy) is 4. The van der Waals surface area contributed by atoms with Gasteiger partial charge in [0.15, 0.2) is 23.0 Å². The fraction of sp³-hybridized carbons (Fsp3) is 0.200. The molecule has 0 aliphatic carbocycles. The fourth-order valence-electron chi connectivity index (χ4n) is 2.33. The van der Waals surface area contributed by atoms with Crippen LogP contribution in [0.25, 0.3) is 11.1 Å². The zero-order valence-electron chi connectivity index (χ0n) is 14.7. The van der Waals surface area contributed by atoms with Crippen molar-refractivity contribution in [2.45, 2.75) is 0 Å². The quantitative estimate of drug-likeness (QED) is 0.283. The molecule has 2 aromatic carbocycles. The van der Waals surface area contributed by atoms with Crippen LogP contribution >= 0.6 is 45.2 Å². The molecule has 0 spiro atoms. The van der Waals surface area contributed by atoms with E-state index >= 15 is 0 Å². The average molecular weight is 578 g/mol. The van der Waals surface area contributed by atoms with Crippen molar-refractivity contribution in [3.63, 3.8) is 0 Å². The van der Waals surface area contributed by atoms with Crippen LogP contribution in [0.2, 0.25) is 0 Å². The highest BCUT2D eigenvalue weighted by molar-refractivity contribution is 14.1. The molecule has 0 aliphatic rings. The first-order chi connectivity index (χ1) is 12.5. The van der Waals surface area contributed by atoms with Crippen molar-refractivity contribution in [1.29, 1.82) is 0 Å². The Morgan fingerprint density at radius 3 is 1.42 bits per heavy atom. The van der Waals surface area contributed by atoms with Crippen LogP contribution in [0.1, 0.15) is 0 Å². The summed E-state index contributed by atoms with van der Waals surface area (Å²) in [7, 11) is 3.26. The van der Waals surface area contributed by atoms with Gasteiger partial charge >= 0.3 is 0 Å². The van der Waals surface area contributed by atoms with E-state index in [9.17, 15) is 0 Å². The molecule has 0 saturated heterocycles. The molecule has 26 heavy (non-hydrogen) atoms. The molecular formula is C20H20I2O4. The summed E-state index contributed by atoms with van der Waals surface area (Å²) < 4.78 is 24.5. The Morgan fingerprint density at radius 2 is 1.12 bits per heavy atom. The van der Waals surface area contributed by atoms with Crippen LogP contribution in [0.5, 0.6) is 23.0 Å². The lowest BCUT2D eigenvalue weighted by Crippen LogP contribution is -2.00. The summed E-state index contributed by atoms with van der Waals surface area (Å²) in [5.74, 6) is 2.71.